The summed E-state index contributed by atoms with van der Waals surface area (Å²) in [6.45, 7) is 2.35. The largest absolute Gasteiger partial charge is 0.481 e. The second kappa shape index (κ2) is 7.05. The first kappa shape index (κ1) is 18.9. The van der Waals surface area contributed by atoms with Gasteiger partial charge in [-0.1, -0.05) is 13.0 Å². The van der Waals surface area contributed by atoms with E-state index in [9.17, 15) is 27.9 Å². The van der Waals surface area contributed by atoms with Crippen LogP contribution in [0.15, 0.2) is 36.5 Å². The van der Waals surface area contributed by atoms with Crippen LogP contribution in [-0.2, 0) is 11.0 Å². The van der Waals surface area contributed by atoms with Crippen LogP contribution in [0.2, 0.25) is 0 Å². The number of carboxylic acids is 1. The SMILES string of the molecule is CC1CC(C(=O)O)CN(C(=O)c2cccc(-n3nccc3C(F)(F)F)c2)C1. The molecule has 0 saturated carbocycles. The summed E-state index contributed by atoms with van der Waals surface area (Å²) in [6, 6.07) is 6.60. The highest BCUT2D eigenvalue weighted by molar-refractivity contribution is 5.95. The lowest BCUT2D eigenvalue weighted by Crippen LogP contribution is -2.45. The number of aromatic nitrogens is 2. The molecule has 2 heterocycles. The Hall–Kier alpha value is -2.84. The van der Waals surface area contributed by atoms with Crippen molar-refractivity contribution < 1.29 is 27.9 Å². The normalized spacial score (nSPS) is 20.5. The van der Waals surface area contributed by atoms with Crippen LogP contribution in [0.4, 0.5) is 13.2 Å². The predicted octanol–water partition coefficient (Wildman–Crippen LogP) is 3.07. The summed E-state index contributed by atoms with van der Waals surface area (Å²) < 4.78 is 40.0. The number of likely N-dealkylation sites (tertiary alicyclic amines) is 1. The summed E-state index contributed by atoms with van der Waals surface area (Å²) >= 11 is 0. The lowest BCUT2D eigenvalue weighted by Gasteiger charge is -2.34. The van der Waals surface area contributed by atoms with Crippen molar-refractivity contribution in [3.8, 4) is 5.69 Å². The third-order valence-corrected chi connectivity index (χ3v) is 4.57. The molecule has 2 atom stereocenters. The van der Waals surface area contributed by atoms with Gasteiger partial charge in [-0.05, 0) is 36.6 Å². The highest BCUT2D eigenvalue weighted by atomic mass is 19.4. The van der Waals surface area contributed by atoms with Gasteiger partial charge in [-0.25, -0.2) is 4.68 Å². The van der Waals surface area contributed by atoms with Gasteiger partial charge < -0.3 is 10.0 Å². The molecule has 2 unspecified atom stereocenters. The van der Waals surface area contributed by atoms with E-state index in [0.29, 0.717) is 13.0 Å². The number of piperidine rings is 1. The van der Waals surface area contributed by atoms with Crippen molar-refractivity contribution in [3.63, 3.8) is 0 Å². The average Bonchev–Trinajstić information content (AvgIpc) is 3.11. The average molecular weight is 381 g/mol. The first-order valence-electron chi connectivity index (χ1n) is 8.40. The van der Waals surface area contributed by atoms with E-state index in [2.05, 4.69) is 5.10 Å². The molecule has 1 aromatic heterocycles. The number of nitrogens with zero attached hydrogens (tertiary/aromatic N) is 3. The van der Waals surface area contributed by atoms with Crippen molar-refractivity contribution in [2.45, 2.75) is 19.5 Å². The van der Waals surface area contributed by atoms with Gasteiger partial charge in [0.1, 0.15) is 5.69 Å². The Morgan fingerprint density at radius 2 is 1.96 bits per heavy atom. The molecule has 1 aliphatic heterocycles. The first-order chi connectivity index (χ1) is 12.7. The number of carboxylic acid groups (broad SMARTS) is 1. The molecule has 1 saturated heterocycles. The van der Waals surface area contributed by atoms with Gasteiger partial charge in [-0.2, -0.15) is 18.3 Å². The number of rotatable bonds is 3. The van der Waals surface area contributed by atoms with Crippen LogP contribution < -0.4 is 0 Å². The third kappa shape index (κ3) is 3.96. The first-order valence-corrected chi connectivity index (χ1v) is 8.40. The molecule has 1 aromatic carbocycles. The maximum Gasteiger partial charge on any atom is 0.433 e. The van der Waals surface area contributed by atoms with Gasteiger partial charge in [0.25, 0.3) is 5.91 Å². The summed E-state index contributed by atoms with van der Waals surface area (Å²) in [7, 11) is 0. The zero-order chi connectivity index (χ0) is 19.8. The second-order valence-electron chi connectivity index (χ2n) is 6.76. The van der Waals surface area contributed by atoms with Crippen molar-refractivity contribution in [2.75, 3.05) is 13.1 Å². The standard InChI is InChI=1S/C18H18F3N3O3/c1-11-7-13(17(26)27)10-23(9-11)16(25)12-3-2-4-14(8-12)24-15(5-6-22-24)18(19,20)21/h2-6,8,11,13H,7,9-10H2,1H3,(H,26,27). The fraction of sp³-hybridized carbons (Fsp3) is 0.389. The number of aliphatic carboxylic acids is 1. The number of hydrogen-bond donors (Lipinski definition) is 1. The monoisotopic (exact) mass is 381 g/mol. The Balaban J connectivity index is 1.89. The van der Waals surface area contributed by atoms with E-state index < -0.39 is 29.7 Å². The van der Waals surface area contributed by atoms with Gasteiger partial charge in [-0.15, -0.1) is 0 Å². The molecule has 3 rings (SSSR count). The number of hydrogen-bond acceptors (Lipinski definition) is 3. The molecule has 0 spiro atoms. The highest BCUT2D eigenvalue weighted by Gasteiger charge is 2.35. The minimum atomic E-state index is -4.58. The molecule has 1 aliphatic rings. The number of carbonyl (C=O) groups is 2. The Kier molecular flexibility index (Phi) is 4.95. The smallest absolute Gasteiger partial charge is 0.433 e. The summed E-state index contributed by atoms with van der Waals surface area (Å²) in [4.78, 5) is 25.5. The second-order valence-corrected chi connectivity index (χ2v) is 6.76. The van der Waals surface area contributed by atoms with E-state index in [1.807, 2.05) is 6.92 Å². The molecule has 1 amide bonds. The molecule has 0 aliphatic carbocycles. The van der Waals surface area contributed by atoms with Gasteiger partial charge in [0.15, 0.2) is 0 Å². The molecule has 2 aromatic rings. The Morgan fingerprint density at radius 1 is 1.22 bits per heavy atom. The molecule has 1 fully saturated rings. The van der Waals surface area contributed by atoms with E-state index in [4.69, 9.17) is 0 Å². The predicted molar refractivity (Wildman–Crippen MR) is 89.4 cm³/mol. The van der Waals surface area contributed by atoms with E-state index in [1.165, 1.54) is 29.2 Å². The van der Waals surface area contributed by atoms with Gasteiger partial charge in [0.05, 0.1) is 17.8 Å². The molecule has 0 bridgehead atoms. The van der Waals surface area contributed by atoms with Crippen LogP contribution in [0.3, 0.4) is 0 Å². The van der Waals surface area contributed by atoms with Crippen LogP contribution in [-0.4, -0.2) is 44.8 Å². The Morgan fingerprint density at radius 3 is 2.63 bits per heavy atom. The van der Waals surface area contributed by atoms with E-state index in [-0.39, 0.29) is 23.7 Å². The molecule has 0 radical (unpaired) electrons. The molecular weight excluding hydrogens is 363 g/mol. The zero-order valence-corrected chi connectivity index (χ0v) is 14.5. The van der Waals surface area contributed by atoms with E-state index >= 15 is 0 Å². The maximum atomic E-state index is 13.1. The molecular formula is C18H18F3N3O3. The number of benzene rings is 1. The number of halogens is 3. The van der Waals surface area contributed by atoms with E-state index in [0.717, 1.165) is 16.9 Å². The van der Waals surface area contributed by atoms with Crippen molar-refractivity contribution in [2.24, 2.45) is 11.8 Å². The summed E-state index contributed by atoms with van der Waals surface area (Å²) in [6.07, 6.45) is -3.05. The fourth-order valence-corrected chi connectivity index (χ4v) is 3.37. The van der Waals surface area contributed by atoms with Gasteiger partial charge in [-0.3, -0.25) is 9.59 Å². The van der Waals surface area contributed by atoms with Crippen LogP contribution in [0.1, 0.15) is 29.4 Å². The van der Waals surface area contributed by atoms with Gasteiger partial charge in [0.2, 0.25) is 0 Å². The molecule has 6 nitrogen and oxygen atoms in total. The molecule has 1 N–H and O–H groups in total. The number of carbonyl (C=O) groups excluding carboxylic acids is 1. The number of alkyl halides is 3. The van der Waals surface area contributed by atoms with Gasteiger partial charge >= 0.3 is 12.1 Å². The summed E-state index contributed by atoms with van der Waals surface area (Å²) in [5, 5.41) is 13.0. The van der Waals surface area contributed by atoms with Crippen LogP contribution in [0.25, 0.3) is 5.69 Å². The highest BCUT2D eigenvalue weighted by Crippen LogP contribution is 2.31. The Bertz CT molecular complexity index is 863. The van der Waals surface area contributed by atoms with Crippen molar-refractivity contribution in [1.29, 1.82) is 0 Å². The van der Waals surface area contributed by atoms with Crippen LogP contribution >= 0.6 is 0 Å². The topological polar surface area (TPSA) is 75.4 Å². The zero-order valence-electron chi connectivity index (χ0n) is 14.5. The quantitative estimate of drug-likeness (QED) is 0.887. The van der Waals surface area contributed by atoms with Gasteiger partial charge in [0, 0.05) is 18.7 Å². The number of amides is 1. The Labute approximate surface area is 153 Å². The van der Waals surface area contributed by atoms with Crippen LogP contribution in [0.5, 0.6) is 0 Å². The minimum absolute atomic E-state index is 0.0231. The van der Waals surface area contributed by atoms with Crippen LogP contribution in [0, 0.1) is 11.8 Å². The molecule has 144 valence electrons. The minimum Gasteiger partial charge on any atom is -0.481 e. The van der Waals surface area contributed by atoms with Crippen molar-refractivity contribution in [1.82, 2.24) is 14.7 Å². The molecule has 27 heavy (non-hydrogen) atoms. The summed E-state index contributed by atoms with van der Waals surface area (Å²) in [5.41, 5.74) is -0.642. The van der Waals surface area contributed by atoms with E-state index in [1.54, 1.807) is 0 Å². The van der Waals surface area contributed by atoms with Crippen molar-refractivity contribution >= 4 is 11.9 Å². The van der Waals surface area contributed by atoms with Crippen molar-refractivity contribution in [3.05, 3.63) is 47.8 Å². The fourth-order valence-electron chi connectivity index (χ4n) is 3.37. The lowest BCUT2D eigenvalue weighted by molar-refractivity contribution is -0.144. The maximum absolute atomic E-state index is 13.1. The molecule has 9 heteroatoms. The lowest BCUT2D eigenvalue weighted by atomic mass is 9.90. The third-order valence-electron chi connectivity index (χ3n) is 4.57. The summed E-state index contributed by atoms with van der Waals surface area (Å²) in [5.74, 6) is -1.99.